The summed E-state index contributed by atoms with van der Waals surface area (Å²) in [4.78, 5) is 14.0. The summed E-state index contributed by atoms with van der Waals surface area (Å²) >= 11 is 8.93. The van der Waals surface area contributed by atoms with Gasteiger partial charge in [0.25, 0.3) is 0 Å². The molecule has 1 saturated heterocycles. The molecule has 1 fully saturated rings. The first-order valence-corrected chi connectivity index (χ1v) is 12.6. The Hall–Kier alpha value is -3.47. The molecule has 0 bridgehead atoms. The lowest BCUT2D eigenvalue weighted by Crippen LogP contribution is -2.34. The van der Waals surface area contributed by atoms with Crippen molar-refractivity contribution in [3.05, 3.63) is 71.0 Å². The summed E-state index contributed by atoms with van der Waals surface area (Å²) in [7, 11) is 1.52. The molecule has 1 atom stereocenters. The van der Waals surface area contributed by atoms with E-state index in [4.69, 9.17) is 26.3 Å². The number of hydrazine groups is 1. The van der Waals surface area contributed by atoms with E-state index >= 15 is 0 Å². The van der Waals surface area contributed by atoms with Gasteiger partial charge in [-0.3, -0.25) is 10.4 Å². The van der Waals surface area contributed by atoms with E-state index in [1.807, 2.05) is 41.4 Å². The van der Waals surface area contributed by atoms with E-state index in [0.29, 0.717) is 33.4 Å². The molecule has 35 heavy (non-hydrogen) atoms. The molecule has 3 aromatic carbocycles. The number of phenols is 1. The Morgan fingerprint density at radius 1 is 1.14 bits per heavy atom. The number of aliphatic imine (C=N–C) groups is 1. The maximum atomic E-state index is 13.9. The Morgan fingerprint density at radius 2 is 2.00 bits per heavy atom. The van der Waals surface area contributed by atoms with Crippen LogP contribution in [-0.4, -0.2) is 28.0 Å². The van der Waals surface area contributed by atoms with Gasteiger partial charge in [0.2, 0.25) is 10.3 Å². The number of aromatic hydroxyl groups is 1. The molecule has 0 radical (unpaired) electrons. The molecule has 7 nitrogen and oxygen atoms in total. The Balaban J connectivity index is 1.42. The molecule has 0 aliphatic carbocycles. The van der Waals surface area contributed by atoms with Gasteiger partial charge in [0.1, 0.15) is 11.7 Å². The molecule has 0 saturated carbocycles. The zero-order chi connectivity index (χ0) is 24.1. The largest absolute Gasteiger partial charge is 0.504 e. The van der Waals surface area contributed by atoms with Crippen molar-refractivity contribution >= 4 is 70.8 Å². The summed E-state index contributed by atoms with van der Waals surface area (Å²) < 4.78 is 20.8. The van der Waals surface area contributed by atoms with Gasteiger partial charge in [0, 0.05) is 6.42 Å². The van der Waals surface area contributed by atoms with E-state index < -0.39 is 5.82 Å². The van der Waals surface area contributed by atoms with Crippen LogP contribution < -0.4 is 15.2 Å². The summed E-state index contributed by atoms with van der Waals surface area (Å²) in [6.45, 7) is 0. The molecule has 2 N–H and O–H groups in total. The quantitative estimate of drug-likeness (QED) is 0.275. The maximum Gasteiger partial charge on any atom is 0.212 e. The van der Waals surface area contributed by atoms with Gasteiger partial charge in [0.15, 0.2) is 11.5 Å². The summed E-state index contributed by atoms with van der Waals surface area (Å²) in [5, 5.41) is 13.4. The fourth-order valence-electron chi connectivity index (χ4n) is 4.01. The first-order valence-electron chi connectivity index (χ1n) is 10.6. The van der Waals surface area contributed by atoms with Crippen LogP contribution in [-0.2, 0) is 0 Å². The number of rotatable bonds is 4. The molecule has 5 aromatic rings. The number of methoxy groups -OCH3 is 1. The summed E-state index contributed by atoms with van der Waals surface area (Å²) in [6, 6.07) is 16.0. The molecule has 0 amide bonds. The molecule has 2 aromatic heterocycles. The lowest BCUT2D eigenvalue weighted by molar-refractivity contribution is 0.372. The second kappa shape index (κ2) is 8.63. The molecule has 0 spiro atoms. The molecule has 1 aliphatic heterocycles. The van der Waals surface area contributed by atoms with Crippen molar-refractivity contribution in [2.75, 3.05) is 12.1 Å². The number of hydrogen-bond donors (Lipinski definition) is 2. The first-order chi connectivity index (χ1) is 17.0. The van der Waals surface area contributed by atoms with Crippen LogP contribution in [0.1, 0.15) is 18.0 Å². The third-order valence-corrected chi connectivity index (χ3v) is 8.19. The highest BCUT2D eigenvalue weighted by Crippen LogP contribution is 2.41. The minimum Gasteiger partial charge on any atom is -0.504 e. The van der Waals surface area contributed by atoms with E-state index in [0.717, 1.165) is 20.9 Å². The van der Waals surface area contributed by atoms with Crippen LogP contribution in [0, 0.1) is 5.82 Å². The van der Waals surface area contributed by atoms with Gasteiger partial charge >= 0.3 is 0 Å². The lowest BCUT2D eigenvalue weighted by Gasteiger charge is -2.23. The molecule has 11 heteroatoms. The van der Waals surface area contributed by atoms with Crippen LogP contribution >= 0.6 is 34.3 Å². The molecule has 1 aliphatic rings. The monoisotopic (exact) mass is 525 g/mol. The number of hydrogen-bond acceptors (Lipinski definition) is 8. The molecule has 176 valence electrons. The van der Waals surface area contributed by atoms with Gasteiger partial charge in [-0.05, 0) is 42.0 Å². The maximum absolute atomic E-state index is 13.9. The Morgan fingerprint density at radius 3 is 2.83 bits per heavy atom. The van der Waals surface area contributed by atoms with E-state index in [-0.39, 0.29) is 16.8 Å². The average molecular weight is 526 g/mol. The number of amidine groups is 1. The van der Waals surface area contributed by atoms with Crippen molar-refractivity contribution < 1.29 is 14.2 Å². The van der Waals surface area contributed by atoms with Crippen LogP contribution in [0.4, 0.5) is 14.7 Å². The van der Waals surface area contributed by atoms with Crippen molar-refractivity contribution in [2.24, 2.45) is 4.99 Å². The summed E-state index contributed by atoms with van der Waals surface area (Å²) in [5.74, 6) is 0.655. The second-order valence-electron chi connectivity index (χ2n) is 7.86. The van der Waals surface area contributed by atoms with Crippen LogP contribution in [0.2, 0.25) is 5.02 Å². The number of phenolic OH excluding ortho intramolecular Hbond substituents is 1. The van der Waals surface area contributed by atoms with Crippen molar-refractivity contribution in [1.82, 2.24) is 15.4 Å². The van der Waals surface area contributed by atoms with Crippen LogP contribution in [0.25, 0.3) is 20.4 Å². The zero-order valence-corrected chi connectivity index (χ0v) is 20.6. The number of nitrogens with one attached hydrogen (secondary N) is 1. The van der Waals surface area contributed by atoms with Crippen molar-refractivity contribution in [2.45, 2.75) is 12.5 Å². The van der Waals surface area contributed by atoms with Crippen LogP contribution in [0.3, 0.4) is 0 Å². The topological polar surface area (TPSA) is 82.9 Å². The standard InChI is InChI=1S/C24H17ClFN5O2S2/c1-33-18-10-12(6-9-17(18)32)16-11-20(29-23-27-15-8-7-13(26)21(25)22(15)35-23)30-31(16)24-28-14-4-2-3-5-19(14)34-24/h2-10,16,32H,11H2,1H3,(H,27,29,30). The van der Waals surface area contributed by atoms with Crippen LogP contribution in [0.5, 0.6) is 11.5 Å². The van der Waals surface area contributed by atoms with Crippen molar-refractivity contribution in [3.8, 4) is 11.5 Å². The number of para-hydroxylation sites is 1. The van der Waals surface area contributed by atoms with Gasteiger partial charge in [-0.2, -0.15) is 0 Å². The van der Waals surface area contributed by atoms with Crippen molar-refractivity contribution in [1.29, 1.82) is 0 Å². The lowest BCUT2D eigenvalue weighted by atomic mass is 10.0. The van der Waals surface area contributed by atoms with Gasteiger partial charge in [-0.1, -0.05) is 52.5 Å². The minimum absolute atomic E-state index is 0.0519. The Labute approximate surface area is 212 Å². The summed E-state index contributed by atoms with van der Waals surface area (Å²) in [5.41, 5.74) is 5.80. The predicted octanol–water partition coefficient (Wildman–Crippen LogP) is 6.60. The highest BCUT2D eigenvalue weighted by atomic mass is 35.5. The number of halogens is 2. The molecule has 3 heterocycles. The van der Waals surface area contributed by atoms with E-state index in [1.54, 1.807) is 23.5 Å². The fraction of sp³-hybridized carbons (Fsp3) is 0.125. The van der Waals surface area contributed by atoms with Gasteiger partial charge in [-0.15, -0.1) is 0 Å². The minimum atomic E-state index is -0.482. The normalized spacial score (nSPS) is 16.9. The van der Waals surface area contributed by atoms with E-state index in [9.17, 15) is 9.50 Å². The van der Waals surface area contributed by atoms with Gasteiger partial charge in [-0.25, -0.2) is 19.4 Å². The number of fused-ring (bicyclic) bond motifs is 2. The number of ether oxygens (including phenoxy) is 1. The highest BCUT2D eigenvalue weighted by molar-refractivity contribution is 7.22. The molecular formula is C24H17ClFN5O2S2. The zero-order valence-electron chi connectivity index (χ0n) is 18.2. The third kappa shape index (κ3) is 3.93. The SMILES string of the molecule is COc1cc(C2C/C(=N/c3nc4ccc(F)c(Cl)c4s3)NN2c2nc3ccccc3s2)ccc1O. The predicted molar refractivity (Wildman–Crippen MR) is 139 cm³/mol. The van der Waals surface area contributed by atoms with Gasteiger partial charge in [0.05, 0.1) is 38.6 Å². The third-order valence-electron chi connectivity index (χ3n) is 5.69. The molecule has 6 rings (SSSR count). The van der Waals surface area contributed by atoms with E-state index in [1.165, 1.54) is 24.5 Å². The molecular weight excluding hydrogens is 509 g/mol. The second-order valence-corrected chi connectivity index (χ2v) is 10.2. The van der Waals surface area contributed by atoms with Crippen molar-refractivity contribution in [3.63, 3.8) is 0 Å². The fourth-order valence-corrected chi connectivity index (χ4v) is 6.15. The van der Waals surface area contributed by atoms with E-state index in [2.05, 4.69) is 10.4 Å². The summed E-state index contributed by atoms with van der Waals surface area (Å²) in [6.07, 6.45) is 0.530. The average Bonchev–Trinajstić information content (AvgIpc) is 3.58. The smallest absolute Gasteiger partial charge is 0.212 e. The van der Waals surface area contributed by atoms with Crippen LogP contribution in [0.15, 0.2) is 59.6 Å². The molecule has 1 unspecified atom stereocenters. The highest BCUT2D eigenvalue weighted by Gasteiger charge is 2.33. The number of anilines is 1. The first kappa shape index (κ1) is 22.0. The van der Waals surface area contributed by atoms with Gasteiger partial charge < -0.3 is 9.84 Å². The Kier molecular flexibility index (Phi) is 5.43. The Bertz CT molecular complexity index is 1590. The number of aromatic nitrogens is 2. The number of thiazole rings is 2. The number of benzene rings is 3. The number of nitrogens with zero attached hydrogens (tertiary/aromatic N) is 4.